The maximum Gasteiger partial charge on any atom is 0.241 e. The third-order valence-electron chi connectivity index (χ3n) is 3.91. The molecule has 1 atom stereocenters. The summed E-state index contributed by atoms with van der Waals surface area (Å²) in [5.41, 5.74) is 0. The Morgan fingerprint density at radius 2 is 2.19 bits per heavy atom. The van der Waals surface area contributed by atoms with E-state index in [0.29, 0.717) is 24.0 Å². The lowest BCUT2D eigenvalue weighted by Crippen LogP contribution is -2.28. The summed E-state index contributed by atoms with van der Waals surface area (Å²) < 4.78 is 33.0. The standard InChI is InChI=1S/C14H22N2O3S2/c17-21(18,16-7-5-12-2-1-8-19-12)14-6-9-20-13(14)10-15-11-3-4-11/h6,9,11-12,15-16H,1-5,7-8,10H2. The number of nitrogens with one attached hydrogen (secondary N) is 2. The minimum atomic E-state index is -3.40. The second kappa shape index (κ2) is 6.75. The van der Waals surface area contributed by atoms with Gasteiger partial charge >= 0.3 is 0 Å². The van der Waals surface area contributed by atoms with Crippen LogP contribution in [0.25, 0.3) is 0 Å². The Balaban J connectivity index is 1.54. The average Bonchev–Trinajstić information content (AvgIpc) is 2.93. The van der Waals surface area contributed by atoms with E-state index < -0.39 is 10.0 Å². The van der Waals surface area contributed by atoms with Gasteiger partial charge in [-0.3, -0.25) is 0 Å². The first kappa shape index (κ1) is 15.4. The van der Waals surface area contributed by atoms with Crippen LogP contribution in [0.2, 0.25) is 0 Å². The smallest absolute Gasteiger partial charge is 0.241 e. The van der Waals surface area contributed by atoms with Gasteiger partial charge in [0.25, 0.3) is 0 Å². The van der Waals surface area contributed by atoms with Crippen LogP contribution in [0.4, 0.5) is 0 Å². The highest BCUT2D eigenvalue weighted by Gasteiger charge is 2.24. The van der Waals surface area contributed by atoms with E-state index in [1.807, 2.05) is 5.38 Å². The van der Waals surface area contributed by atoms with Crippen molar-refractivity contribution >= 4 is 21.4 Å². The van der Waals surface area contributed by atoms with Crippen molar-refractivity contribution in [2.45, 2.75) is 55.7 Å². The Morgan fingerprint density at radius 1 is 1.33 bits per heavy atom. The molecule has 0 radical (unpaired) electrons. The fourth-order valence-electron chi connectivity index (χ4n) is 2.53. The third kappa shape index (κ3) is 4.26. The van der Waals surface area contributed by atoms with Gasteiger partial charge in [-0.25, -0.2) is 13.1 Å². The van der Waals surface area contributed by atoms with Crippen molar-refractivity contribution in [1.29, 1.82) is 0 Å². The largest absolute Gasteiger partial charge is 0.378 e. The normalized spacial score (nSPS) is 22.8. The molecule has 1 aromatic heterocycles. The van der Waals surface area contributed by atoms with E-state index in [0.717, 1.165) is 30.7 Å². The summed E-state index contributed by atoms with van der Waals surface area (Å²) in [7, 11) is -3.40. The molecule has 3 rings (SSSR count). The topological polar surface area (TPSA) is 67.4 Å². The highest BCUT2D eigenvalue weighted by molar-refractivity contribution is 7.89. The molecule has 118 valence electrons. The monoisotopic (exact) mass is 330 g/mol. The van der Waals surface area contributed by atoms with Crippen LogP contribution in [-0.2, 0) is 21.3 Å². The molecule has 0 bridgehead atoms. The number of rotatable bonds is 8. The number of hydrogen-bond donors (Lipinski definition) is 2. The van der Waals surface area contributed by atoms with E-state index in [1.54, 1.807) is 6.07 Å². The van der Waals surface area contributed by atoms with Crippen LogP contribution in [0.3, 0.4) is 0 Å². The summed E-state index contributed by atoms with van der Waals surface area (Å²) in [6.45, 7) is 1.89. The van der Waals surface area contributed by atoms with Crippen LogP contribution in [0, 0.1) is 0 Å². The maximum atomic E-state index is 12.4. The molecule has 0 spiro atoms. The molecule has 0 amide bonds. The number of ether oxygens (including phenoxy) is 1. The molecule has 2 aliphatic rings. The van der Waals surface area contributed by atoms with Gasteiger partial charge in [0.2, 0.25) is 10.0 Å². The summed E-state index contributed by atoms with van der Waals surface area (Å²) in [6.07, 6.45) is 5.49. The molecule has 21 heavy (non-hydrogen) atoms. The minimum Gasteiger partial charge on any atom is -0.378 e. The highest BCUT2D eigenvalue weighted by Crippen LogP contribution is 2.25. The Kier molecular flexibility index (Phi) is 4.96. The van der Waals surface area contributed by atoms with E-state index in [1.165, 1.54) is 24.2 Å². The van der Waals surface area contributed by atoms with Crippen molar-refractivity contribution in [3.63, 3.8) is 0 Å². The van der Waals surface area contributed by atoms with Gasteiger partial charge in [0.05, 0.1) is 11.0 Å². The lowest BCUT2D eigenvalue weighted by molar-refractivity contribution is 0.105. The molecule has 5 nitrogen and oxygen atoms in total. The van der Waals surface area contributed by atoms with Gasteiger partial charge in [0.15, 0.2) is 0 Å². The van der Waals surface area contributed by atoms with E-state index in [2.05, 4.69) is 10.0 Å². The van der Waals surface area contributed by atoms with Gasteiger partial charge in [-0.1, -0.05) is 0 Å². The Labute approximate surface area is 130 Å². The minimum absolute atomic E-state index is 0.214. The van der Waals surface area contributed by atoms with Crippen LogP contribution >= 0.6 is 11.3 Å². The van der Waals surface area contributed by atoms with Gasteiger partial charge in [-0.2, -0.15) is 0 Å². The Morgan fingerprint density at radius 3 is 2.90 bits per heavy atom. The number of thiophene rings is 1. The van der Waals surface area contributed by atoms with E-state index >= 15 is 0 Å². The lowest BCUT2D eigenvalue weighted by atomic mass is 10.2. The van der Waals surface area contributed by atoms with Gasteiger partial charge in [-0.05, 0) is 43.6 Å². The fourth-order valence-corrected chi connectivity index (χ4v) is 4.97. The van der Waals surface area contributed by atoms with Crippen LogP contribution in [-0.4, -0.2) is 33.7 Å². The zero-order chi connectivity index (χ0) is 14.7. The van der Waals surface area contributed by atoms with E-state index in [4.69, 9.17) is 4.74 Å². The van der Waals surface area contributed by atoms with E-state index in [9.17, 15) is 8.42 Å². The summed E-state index contributed by atoms with van der Waals surface area (Å²) in [4.78, 5) is 1.32. The van der Waals surface area contributed by atoms with Crippen molar-refractivity contribution < 1.29 is 13.2 Å². The second-order valence-corrected chi connectivity index (χ2v) is 8.42. The van der Waals surface area contributed by atoms with Crippen LogP contribution < -0.4 is 10.0 Å². The lowest BCUT2D eigenvalue weighted by Gasteiger charge is -2.11. The molecule has 2 N–H and O–H groups in total. The van der Waals surface area contributed by atoms with Crippen LogP contribution in [0.15, 0.2) is 16.3 Å². The number of sulfonamides is 1. The molecule has 7 heteroatoms. The fraction of sp³-hybridized carbons (Fsp3) is 0.714. The SMILES string of the molecule is O=S(=O)(NCCC1CCCO1)c1ccsc1CNC1CC1. The molecule has 0 aromatic carbocycles. The zero-order valence-corrected chi connectivity index (χ0v) is 13.6. The molecular weight excluding hydrogens is 308 g/mol. The third-order valence-corrected chi connectivity index (χ3v) is 6.50. The first-order chi connectivity index (χ1) is 10.1. The quantitative estimate of drug-likeness (QED) is 0.763. The van der Waals surface area contributed by atoms with E-state index in [-0.39, 0.29) is 6.10 Å². The van der Waals surface area contributed by atoms with Crippen molar-refractivity contribution in [1.82, 2.24) is 10.0 Å². The van der Waals surface area contributed by atoms with Gasteiger partial charge < -0.3 is 10.1 Å². The zero-order valence-electron chi connectivity index (χ0n) is 12.0. The predicted molar refractivity (Wildman–Crippen MR) is 83.0 cm³/mol. The predicted octanol–water partition coefficient (Wildman–Crippen LogP) is 1.85. The van der Waals surface area contributed by atoms with Gasteiger partial charge in [0, 0.05) is 30.6 Å². The first-order valence-corrected chi connectivity index (χ1v) is 9.92. The maximum absolute atomic E-state index is 12.4. The van der Waals surface area contributed by atoms with Crippen LogP contribution in [0.1, 0.15) is 37.0 Å². The molecule has 1 unspecified atom stereocenters. The molecule has 1 saturated carbocycles. The molecule has 1 saturated heterocycles. The van der Waals surface area contributed by atoms with Crippen molar-refractivity contribution in [2.24, 2.45) is 0 Å². The molecule has 2 fully saturated rings. The Hall–Kier alpha value is -0.470. The second-order valence-electron chi connectivity index (χ2n) is 5.68. The molecule has 1 aliphatic heterocycles. The summed E-state index contributed by atoms with van der Waals surface area (Å²) in [5.74, 6) is 0. The van der Waals surface area contributed by atoms with Crippen molar-refractivity contribution in [3.05, 3.63) is 16.3 Å². The summed E-state index contributed by atoms with van der Waals surface area (Å²) in [6, 6.07) is 2.28. The van der Waals surface area contributed by atoms with Crippen molar-refractivity contribution in [2.75, 3.05) is 13.2 Å². The molecule has 1 aliphatic carbocycles. The van der Waals surface area contributed by atoms with Gasteiger partial charge in [-0.15, -0.1) is 11.3 Å². The highest BCUT2D eigenvalue weighted by atomic mass is 32.2. The van der Waals surface area contributed by atoms with Crippen molar-refractivity contribution in [3.8, 4) is 0 Å². The number of hydrogen-bond acceptors (Lipinski definition) is 5. The molecule has 2 heterocycles. The summed E-state index contributed by atoms with van der Waals surface area (Å²) in [5, 5.41) is 5.22. The molecule has 1 aromatic rings. The molecular formula is C14H22N2O3S2. The van der Waals surface area contributed by atoms with Crippen LogP contribution in [0.5, 0.6) is 0 Å². The van der Waals surface area contributed by atoms with Gasteiger partial charge in [0.1, 0.15) is 0 Å². The average molecular weight is 330 g/mol. The summed E-state index contributed by atoms with van der Waals surface area (Å²) >= 11 is 1.50. The Bertz CT molecular complexity index is 561. The first-order valence-electron chi connectivity index (χ1n) is 7.56.